The Bertz CT molecular complexity index is 4890. The third-order valence-corrected chi connectivity index (χ3v) is 20.1. The molecule has 0 saturated heterocycles. The van der Waals surface area contributed by atoms with Crippen molar-refractivity contribution in [3.63, 3.8) is 0 Å². The Morgan fingerprint density at radius 1 is 0.267 bits per heavy atom. The molecule has 0 fully saturated rings. The lowest BCUT2D eigenvalue weighted by atomic mass is 9.86. The Balaban J connectivity index is 0.000000157. The molecule has 0 aliphatic carbocycles. The summed E-state index contributed by atoms with van der Waals surface area (Å²) in [5, 5.41) is 0. The van der Waals surface area contributed by atoms with Crippen molar-refractivity contribution in [3.8, 4) is 89.5 Å². The van der Waals surface area contributed by atoms with Crippen LogP contribution in [0, 0.1) is 101 Å². The molecular formula is C97H114N4+4. The van der Waals surface area contributed by atoms with E-state index in [-0.39, 0.29) is 5.41 Å². The summed E-state index contributed by atoms with van der Waals surface area (Å²) in [7, 11) is 8.59. The Kier molecular flexibility index (Phi) is 24.5. The van der Waals surface area contributed by atoms with Gasteiger partial charge >= 0.3 is 0 Å². The van der Waals surface area contributed by atoms with Gasteiger partial charge in [-0.25, -0.2) is 18.3 Å². The molecule has 12 aromatic rings. The van der Waals surface area contributed by atoms with Gasteiger partial charge in [-0.3, -0.25) is 0 Å². The Morgan fingerprint density at radius 2 is 0.535 bits per heavy atom. The number of pyridine rings is 4. The van der Waals surface area contributed by atoms with Crippen LogP contribution in [0.3, 0.4) is 0 Å². The third kappa shape index (κ3) is 18.5. The van der Waals surface area contributed by atoms with Gasteiger partial charge in [0.2, 0.25) is 22.8 Å². The number of nitrogens with zero attached hydrogens (tertiary/aromatic N) is 4. The standard InChI is InChI=1S/C26H32N.C25H30N.C24H28N.C22H24N/c1-18-13-19(2)24(15-23(18)21-11-9-8-10-12-21)25-14-22(16-26(4,5)6)20(3)17-27(25)7;1-17(2)12-22-14-25(26(6)16-20(22)5)24-15-23(18(3)13-19(24)4)21-10-8-7-9-11-21;1-16(2)21-14-24(25(6)15-19(21)5)23-13-22(17(3)12-18(23)4)20-10-8-7-9-11-20;1-15-12-22(23(5)14-18(15)4)21-13-20(16(2)11-17(21)3)19-9-7-6-8-10-19/h8-15,17H,16H2,1-7H3;7-11,13-17H,12H2,1-6H3;7-16H,1-6H3;6-14H,1-5H3/q4*+1. The van der Waals surface area contributed by atoms with Crippen LogP contribution >= 0.6 is 0 Å². The molecule has 0 aliphatic heterocycles. The predicted octanol–water partition coefficient (Wildman–Crippen LogP) is 23.3. The zero-order valence-corrected chi connectivity index (χ0v) is 65.6. The minimum absolute atomic E-state index is 0.277. The molecule has 0 bridgehead atoms. The molecule has 0 radical (unpaired) electrons. The van der Waals surface area contributed by atoms with Crippen molar-refractivity contribution in [2.45, 2.75) is 157 Å². The smallest absolute Gasteiger partial charge is 0.201 e. The molecule has 0 N–H and O–H groups in total. The van der Waals surface area contributed by atoms with E-state index in [2.05, 4.69) is 404 Å². The molecule has 0 amide bonds. The van der Waals surface area contributed by atoms with Crippen LogP contribution in [-0.2, 0) is 41.0 Å². The topological polar surface area (TPSA) is 15.5 Å². The van der Waals surface area contributed by atoms with Crippen LogP contribution in [0.4, 0.5) is 0 Å². The van der Waals surface area contributed by atoms with Gasteiger partial charge < -0.3 is 0 Å². The second-order valence-electron chi connectivity index (χ2n) is 30.9. The van der Waals surface area contributed by atoms with Crippen LogP contribution in [0.1, 0.15) is 143 Å². The first kappa shape index (κ1) is 75.6. The van der Waals surface area contributed by atoms with Crippen molar-refractivity contribution < 1.29 is 18.3 Å². The molecule has 0 spiro atoms. The average molecular weight is 1340 g/mol. The minimum Gasteiger partial charge on any atom is -0.201 e. The zero-order chi connectivity index (χ0) is 73.3. The molecule has 0 unspecified atom stereocenters. The molecule has 101 heavy (non-hydrogen) atoms. The Morgan fingerprint density at radius 3 is 0.842 bits per heavy atom. The molecule has 0 aliphatic rings. The molecule has 0 atom stereocenters. The summed E-state index contributed by atoms with van der Waals surface area (Å²) in [5.74, 6) is 1.19. The van der Waals surface area contributed by atoms with E-state index in [4.69, 9.17) is 0 Å². The highest BCUT2D eigenvalue weighted by Crippen LogP contribution is 2.37. The monoisotopic (exact) mass is 1330 g/mol. The van der Waals surface area contributed by atoms with E-state index in [0.29, 0.717) is 11.8 Å². The summed E-state index contributed by atoms with van der Waals surface area (Å²) in [6.45, 7) is 44.7. The Hall–Kier alpha value is -9.64. The molecule has 8 aromatic carbocycles. The van der Waals surface area contributed by atoms with Crippen molar-refractivity contribution in [3.05, 3.63) is 308 Å². The van der Waals surface area contributed by atoms with Gasteiger partial charge in [-0.15, -0.1) is 0 Å². The highest BCUT2D eigenvalue weighted by atomic mass is 14.9. The fourth-order valence-corrected chi connectivity index (χ4v) is 14.7. The summed E-state index contributed by atoms with van der Waals surface area (Å²) in [6.07, 6.45) is 11.2. The van der Waals surface area contributed by atoms with Gasteiger partial charge in [0.1, 0.15) is 28.2 Å². The molecule has 518 valence electrons. The summed E-state index contributed by atoms with van der Waals surface area (Å²) >= 11 is 0. The molecule has 12 rings (SSSR count). The molecule has 0 saturated carbocycles. The predicted molar refractivity (Wildman–Crippen MR) is 431 cm³/mol. The van der Waals surface area contributed by atoms with Crippen molar-refractivity contribution in [2.75, 3.05) is 0 Å². The second kappa shape index (κ2) is 32.8. The van der Waals surface area contributed by atoms with Gasteiger partial charge in [0.15, 0.2) is 24.8 Å². The number of aromatic nitrogens is 4. The largest absolute Gasteiger partial charge is 0.212 e. The molecular weight excluding hydrogens is 1220 g/mol. The van der Waals surface area contributed by atoms with Gasteiger partial charge in [0.25, 0.3) is 0 Å². The van der Waals surface area contributed by atoms with E-state index in [1.54, 1.807) is 0 Å². The van der Waals surface area contributed by atoms with Crippen LogP contribution in [0.25, 0.3) is 89.5 Å². The molecule has 4 heterocycles. The first-order valence-corrected chi connectivity index (χ1v) is 36.5. The average Bonchev–Trinajstić information content (AvgIpc) is 0.801. The van der Waals surface area contributed by atoms with Crippen LogP contribution in [0.5, 0.6) is 0 Å². The van der Waals surface area contributed by atoms with E-state index in [9.17, 15) is 0 Å². The summed E-state index contributed by atoms with van der Waals surface area (Å²) in [5.41, 5.74) is 42.7. The first-order valence-electron chi connectivity index (χ1n) is 36.5. The van der Waals surface area contributed by atoms with Gasteiger partial charge in [-0.1, -0.05) is 194 Å². The fraction of sp³-hybridized carbons (Fsp3) is 0.299. The van der Waals surface area contributed by atoms with E-state index >= 15 is 0 Å². The SMILES string of the molecule is Cc1c[n+](C)c(-c2cc(-c3ccccc3)c(C)cc2C)cc1CC(C)(C)C.Cc1c[n+](C)c(-c2cc(-c3ccccc3)c(C)cc2C)cc1CC(C)C.Cc1cc(-c2cc(-c3ccccc3)c(C)cc2C)[n+](C)cc1C.Cc1cc(C)c(-c2cc(C(C)C)c(C)c[n+]2C)cc1-c1ccccc1. The van der Waals surface area contributed by atoms with Gasteiger partial charge in [-0.05, 0) is 256 Å². The first-order chi connectivity index (χ1) is 47.9. The van der Waals surface area contributed by atoms with Crippen LogP contribution in [-0.4, -0.2) is 0 Å². The fourth-order valence-electron chi connectivity index (χ4n) is 14.7. The highest BCUT2D eigenvalue weighted by Gasteiger charge is 2.24. The van der Waals surface area contributed by atoms with Crippen molar-refractivity contribution >= 4 is 0 Å². The third-order valence-electron chi connectivity index (χ3n) is 20.1. The number of benzene rings is 8. The molecule has 4 nitrogen and oxygen atoms in total. The lowest BCUT2D eigenvalue weighted by Gasteiger charge is -2.20. The minimum atomic E-state index is 0.277. The van der Waals surface area contributed by atoms with Gasteiger partial charge in [0, 0.05) is 68.8 Å². The number of hydrogen-bond donors (Lipinski definition) is 0. The number of hydrogen-bond acceptors (Lipinski definition) is 0. The molecule has 4 aromatic heterocycles. The maximum absolute atomic E-state index is 2.40. The van der Waals surface area contributed by atoms with E-state index in [1.807, 2.05) is 0 Å². The van der Waals surface area contributed by atoms with E-state index in [1.165, 1.54) is 179 Å². The van der Waals surface area contributed by atoms with Crippen LogP contribution in [0.15, 0.2) is 219 Å². The van der Waals surface area contributed by atoms with Crippen molar-refractivity contribution in [1.82, 2.24) is 0 Å². The molecule has 4 heteroatoms. The lowest BCUT2D eigenvalue weighted by Crippen LogP contribution is -2.32. The van der Waals surface area contributed by atoms with Crippen LogP contribution < -0.4 is 18.3 Å². The summed E-state index contributed by atoms with van der Waals surface area (Å²) in [4.78, 5) is 0. The van der Waals surface area contributed by atoms with E-state index in [0.717, 1.165) is 12.8 Å². The van der Waals surface area contributed by atoms with Gasteiger partial charge in [0.05, 0.1) is 0 Å². The number of aryl methyl sites for hydroxylation is 17. The summed E-state index contributed by atoms with van der Waals surface area (Å²) < 4.78 is 9.03. The zero-order valence-electron chi connectivity index (χ0n) is 65.6. The normalized spacial score (nSPS) is 11.2. The maximum Gasteiger partial charge on any atom is 0.212 e. The Labute approximate surface area is 608 Å². The van der Waals surface area contributed by atoms with Crippen molar-refractivity contribution in [2.24, 2.45) is 39.5 Å². The van der Waals surface area contributed by atoms with Gasteiger partial charge in [-0.2, -0.15) is 0 Å². The summed E-state index contributed by atoms with van der Waals surface area (Å²) in [6, 6.07) is 70.8. The van der Waals surface area contributed by atoms with Crippen LogP contribution in [0.2, 0.25) is 0 Å². The lowest BCUT2D eigenvalue weighted by molar-refractivity contribution is -0.660. The quantitative estimate of drug-likeness (QED) is 0.108. The number of rotatable bonds is 12. The van der Waals surface area contributed by atoms with Crippen molar-refractivity contribution in [1.29, 1.82) is 0 Å². The highest BCUT2D eigenvalue weighted by molar-refractivity contribution is 5.80. The maximum atomic E-state index is 2.40. The second-order valence-corrected chi connectivity index (χ2v) is 30.9. The van der Waals surface area contributed by atoms with E-state index < -0.39 is 0 Å².